The molecule has 0 aliphatic carbocycles. The largest absolute Gasteiger partial charge is 0.368 e. The van der Waals surface area contributed by atoms with Crippen molar-refractivity contribution in [1.29, 1.82) is 0 Å². The number of primary amides is 1. The first-order valence-corrected chi connectivity index (χ1v) is 4.03. The van der Waals surface area contributed by atoms with Gasteiger partial charge in [-0.15, -0.1) is 0 Å². The van der Waals surface area contributed by atoms with Crippen molar-refractivity contribution in [3.05, 3.63) is 0 Å². The second kappa shape index (κ2) is 3.71. The Labute approximate surface area is 75.8 Å². The van der Waals surface area contributed by atoms with Gasteiger partial charge in [-0.05, 0) is 13.3 Å². The molecule has 0 aromatic carbocycles. The van der Waals surface area contributed by atoms with Crippen LogP contribution < -0.4 is 11.6 Å². The number of hydrogen-bond acceptors (Lipinski definition) is 4. The zero-order valence-electron chi connectivity index (χ0n) is 7.40. The molecule has 0 saturated carbocycles. The van der Waals surface area contributed by atoms with Crippen molar-refractivity contribution in [2.45, 2.75) is 25.5 Å². The topological polar surface area (TPSA) is 98.7 Å². The highest BCUT2D eigenvalue weighted by Gasteiger charge is 2.38. The minimum Gasteiger partial charge on any atom is -0.368 e. The molecule has 74 valence electrons. The van der Waals surface area contributed by atoms with Crippen LogP contribution in [0.2, 0.25) is 0 Å². The molecule has 1 rings (SSSR count). The number of hydrogen-bond donors (Lipinski definition) is 2. The van der Waals surface area contributed by atoms with Gasteiger partial charge in [0.25, 0.3) is 5.91 Å². The molecule has 1 aliphatic rings. The van der Waals surface area contributed by atoms with Crippen LogP contribution in [-0.2, 0) is 14.4 Å². The maximum absolute atomic E-state index is 11.4. The van der Waals surface area contributed by atoms with Crippen molar-refractivity contribution in [2.75, 3.05) is 6.54 Å². The summed E-state index contributed by atoms with van der Waals surface area (Å²) in [6.45, 7) is 2.07. The summed E-state index contributed by atoms with van der Waals surface area (Å²) in [5.74, 6) is 4.07. The Kier molecular flexibility index (Phi) is 2.84. The Balaban J connectivity index is 2.53. The number of carbonyl (C=O) groups is 2. The van der Waals surface area contributed by atoms with E-state index in [1.165, 1.54) is 11.8 Å². The zero-order valence-corrected chi connectivity index (χ0v) is 7.40. The van der Waals surface area contributed by atoms with E-state index in [4.69, 9.17) is 11.6 Å². The number of nitrogens with zero attached hydrogens (tertiary/aromatic N) is 1. The van der Waals surface area contributed by atoms with Crippen LogP contribution >= 0.6 is 0 Å². The Bertz CT molecular complexity index is 231. The van der Waals surface area contributed by atoms with E-state index in [0.29, 0.717) is 13.0 Å². The number of amides is 2. The molecule has 0 aromatic rings. The molecular weight excluding hydrogens is 174 g/mol. The van der Waals surface area contributed by atoms with E-state index < -0.39 is 18.1 Å². The maximum atomic E-state index is 11.4. The lowest BCUT2D eigenvalue weighted by Crippen LogP contribution is -2.59. The number of nitrogens with two attached hydrogens (primary N) is 2. The lowest BCUT2D eigenvalue weighted by atomic mass is 10.0. The SMILES string of the molecule is CC(ON)C(=O)N1CCC1C(N)=O. The smallest absolute Gasteiger partial charge is 0.254 e. The highest BCUT2D eigenvalue weighted by Crippen LogP contribution is 2.18. The van der Waals surface area contributed by atoms with E-state index in [-0.39, 0.29) is 5.91 Å². The van der Waals surface area contributed by atoms with E-state index in [0.717, 1.165) is 0 Å². The molecule has 0 radical (unpaired) electrons. The maximum Gasteiger partial charge on any atom is 0.254 e. The predicted octanol–water partition coefficient (Wildman–Crippen LogP) is -1.65. The molecule has 2 amide bonds. The Morgan fingerprint density at radius 3 is 2.54 bits per heavy atom. The second-order valence-corrected chi connectivity index (χ2v) is 3.02. The van der Waals surface area contributed by atoms with Gasteiger partial charge in [0.1, 0.15) is 6.04 Å². The van der Waals surface area contributed by atoms with Gasteiger partial charge in [0.15, 0.2) is 6.10 Å². The van der Waals surface area contributed by atoms with E-state index in [1.807, 2.05) is 0 Å². The van der Waals surface area contributed by atoms with Gasteiger partial charge in [0.2, 0.25) is 5.91 Å². The molecule has 6 nitrogen and oxygen atoms in total. The fourth-order valence-corrected chi connectivity index (χ4v) is 1.24. The van der Waals surface area contributed by atoms with Crippen molar-refractivity contribution in [3.8, 4) is 0 Å². The summed E-state index contributed by atoms with van der Waals surface area (Å²) in [6, 6.07) is -0.481. The van der Waals surface area contributed by atoms with E-state index >= 15 is 0 Å². The summed E-state index contributed by atoms with van der Waals surface area (Å²) < 4.78 is 0. The predicted molar refractivity (Wildman–Crippen MR) is 44.0 cm³/mol. The third-order valence-corrected chi connectivity index (χ3v) is 2.18. The van der Waals surface area contributed by atoms with Gasteiger partial charge in [-0.25, -0.2) is 5.90 Å². The fraction of sp³-hybridized carbons (Fsp3) is 0.714. The van der Waals surface area contributed by atoms with Gasteiger partial charge >= 0.3 is 0 Å². The Hall–Kier alpha value is -1.14. The lowest BCUT2D eigenvalue weighted by molar-refractivity contribution is -0.155. The normalized spacial score (nSPS) is 23.5. The van der Waals surface area contributed by atoms with Crippen LogP contribution in [0.5, 0.6) is 0 Å². The van der Waals surface area contributed by atoms with E-state index in [2.05, 4.69) is 4.84 Å². The van der Waals surface area contributed by atoms with E-state index in [9.17, 15) is 9.59 Å². The Morgan fingerprint density at radius 1 is 1.62 bits per heavy atom. The summed E-state index contributed by atoms with van der Waals surface area (Å²) in [5, 5.41) is 0. The van der Waals surface area contributed by atoms with Crippen LogP contribution in [0.4, 0.5) is 0 Å². The first kappa shape index (κ1) is 9.94. The van der Waals surface area contributed by atoms with Gasteiger partial charge in [-0.1, -0.05) is 0 Å². The molecule has 4 N–H and O–H groups in total. The minimum atomic E-state index is -0.720. The summed E-state index contributed by atoms with van der Waals surface area (Å²) >= 11 is 0. The van der Waals surface area contributed by atoms with Gasteiger partial charge in [0.05, 0.1) is 0 Å². The van der Waals surface area contributed by atoms with Crippen molar-refractivity contribution < 1.29 is 14.4 Å². The Morgan fingerprint density at radius 2 is 2.23 bits per heavy atom. The van der Waals surface area contributed by atoms with Crippen LogP contribution in [0.15, 0.2) is 0 Å². The molecule has 1 fully saturated rings. The summed E-state index contributed by atoms with van der Waals surface area (Å²) in [6.07, 6.45) is -0.0969. The standard InChI is InChI=1S/C7H13N3O3/c1-4(13-9)7(12)10-3-2-5(10)6(8)11/h4-5H,2-3,9H2,1H3,(H2,8,11). The molecule has 0 aromatic heterocycles. The molecule has 2 atom stereocenters. The fourth-order valence-electron chi connectivity index (χ4n) is 1.24. The van der Waals surface area contributed by atoms with Gasteiger partial charge in [-0.2, -0.15) is 0 Å². The average molecular weight is 187 g/mol. The first-order valence-electron chi connectivity index (χ1n) is 4.03. The molecule has 1 aliphatic heterocycles. The average Bonchev–Trinajstić information content (AvgIpc) is 1.99. The number of likely N-dealkylation sites (tertiary alicyclic amines) is 1. The van der Waals surface area contributed by atoms with Gasteiger partial charge < -0.3 is 10.6 Å². The second-order valence-electron chi connectivity index (χ2n) is 3.02. The van der Waals surface area contributed by atoms with Crippen molar-refractivity contribution in [3.63, 3.8) is 0 Å². The highest BCUT2D eigenvalue weighted by molar-refractivity contribution is 5.90. The highest BCUT2D eigenvalue weighted by atomic mass is 16.6. The lowest BCUT2D eigenvalue weighted by Gasteiger charge is -2.39. The number of carbonyl (C=O) groups excluding carboxylic acids is 2. The molecule has 1 heterocycles. The van der Waals surface area contributed by atoms with Crippen LogP contribution in [0, 0.1) is 0 Å². The molecule has 0 spiro atoms. The van der Waals surface area contributed by atoms with Gasteiger partial charge in [-0.3, -0.25) is 14.4 Å². The van der Waals surface area contributed by atoms with Crippen LogP contribution in [0.1, 0.15) is 13.3 Å². The third kappa shape index (κ3) is 1.78. The molecule has 1 saturated heterocycles. The zero-order chi connectivity index (χ0) is 10.0. The molecule has 0 bridgehead atoms. The van der Waals surface area contributed by atoms with Crippen molar-refractivity contribution in [2.24, 2.45) is 11.6 Å². The first-order chi connectivity index (χ1) is 6.07. The summed E-state index contributed by atoms with van der Waals surface area (Å²) in [5.41, 5.74) is 5.06. The van der Waals surface area contributed by atoms with Crippen LogP contribution in [0.25, 0.3) is 0 Å². The van der Waals surface area contributed by atoms with Crippen LogP contribution in [-0.4, -0.2) is 35.4 Å². The minimum absolute atomic E-state index is 0.294. The molecule has 2 unspecified atom stereocenters. The molecular formula is C7H13N3O3. The molecule has 13 heavy (non-hydrogen) atoms. The van der Waals surface area contributed by atoms with Crippen molar-refractivity contribution in [1.82, 2.24) is 4.90 Å². The van der Waals surface area contributed by atoms with E-state index in [1.54, 1.807) is 0 Å². The quantitative estimate of drug-likeness (QED) is 0.517. The summed E-state index contributed by atoms with van der Waals surface area (Å²) in [7, 11) is 0. The van der Waals surface area contributed by atoms with Gasteiger partial charge in [0, 0.05) is 6.54 Å². The van der Waals surface area contributed by atoms with Crippen molar-refractivity contribution >= 4 is 11.8 Å². The molecule has 6 heteroatoms. The monoisotopic (exact) mass is 187 g/mol. The third-order valence-electron chi connectivity index (χ3n) is 2.18. The summed E-state index contributed by atoms with van der Waals surface area (Å²) in [4.78, 5) is 27.9. The van der Waals surface area contributed by atoms with Crippen LogP contribution in [0.3, 0.4) is 0 Å². The number of rotatable bonds is 3.